The molecule has 0 bridgehead atoms. The smallest absolute Gasteiger partial charge is 0.232 e. The number of para-hydroxylation sites is 2. The molecule has 0 aliphatic heterocycles. The van der Waals surface area contributed by atoms with Crippen LogP contribution in [0.2, 0.25) is 0 Å². The fourth-order valence-corrected chi connectivity index (χ4v) is 3.11. The predicted molar refractivity (Wildman–Crippen MR) is 87.7 cm³/mol. The summed E-state index contributed by atoms with van der Waals surface area (Å²) in [5.41, 5.74) is 4.30. The Hall–Kier alpha value is -2.06. The third-order valence-corrected chi connectivity index (χ3v) is 4.05. The van der Waals surface area contributed by atoms with Gasteiger partial charge >= 0.3 is 0 Å². The number of fused-ring (bicyclic) bond motifs is 4. The molecule has 0 saturated heterocycles. The molecular weight excluding hydrogens is 379 g/mol. The van der Waals surface area contributed by atoms with Crippen LogP contribution in [0.1, 0.15) is 0 Å². The lowest BCUT2D eigenvalue weighted by molar-refractivity contribution is -2.00. The SMILES string of the molecule is ClCC[n+]1c2ccccc2nc2c3ccccc3ccc21.[O-][Cl+3]([O-])([O-])[O-]. The molecule has 4 aromatic rings. The van der Waals surface area contributed by atoms with E-state index in [-0.39, 0.29) is 0 Å². The standard InChI is InChI=1S/C18H14ClN2.ClHO4/c19-11-12-21-16-8-4-3-7-15(16)20-18-14-6-2-1-5-13(14)9-10-17(18)21;2-1(3,4)5/h1-10H,11-12H2;(H,2,3,4,5)/q+1;/p-1. The average molecular weight is 393 g/mol. The summed E-state index contributed by atoms with van der Waals surface area (Å²) in [7, 11) is -4.94. The number of halogens is 2. The minimum Gasteiger partial charge on any atom is -0.234 e. The summed E-state index contributed by atoms with van der Waals surface area (Å²) >= 11 is 6.01. The summed E-state index contributed by atoms with van der Waals surface area (Å²) < 4.78 is 36.2. The number of rotatable bonds is 2. The monoisotopic (exact) mass is 392 g/mol. The lowest BCUT2D eigenvalue weighted by atomic mass is 10.1. The van der Waals surface area contributed by atoms with E-state index in [0.717, 1.165) is 28.6 Å². The topological polar surface area (TPSA) is 109 Å². The molecule has 1 aromatic heterocycles. The molecule has 0 fully saturated rings. The van der Waals surface area contributed by atoms with Crippen molar-refractivity contribution in [1.82, 2.24) is 4.98 Å². The first kappa shape index (κ1) is 18.7. The molecule has 26 heavy (non-hydrogen) atoms. The van der Waals surface area contributed by atoms with Gasteiger partial charge in [-0.2, -0.15) is 4.57 Å². The summed E-state index contributed by atoms with van der Waals surface area (Å²) in [5.74, 6) is 0.584. The van der Waals surface area contributed by atoms with Crippen LogP contribution < -0.4 is 23.2 Å². The molecule has 3 aromatic carbocycles. The van der Waals surface area contributed by atoms with Gasteiger partial charge in [-0.1, -0.05) is 36.4 Å². The molecule has 0 atom stereocenters. The Morgan fingerprint density at radius 3 is 2.23 bits per heavy atom. The van der Waals surface area contributed by atoms with E-state index in [0.29, 0.717) is 5.88 Å². The van der Waals surface area contributed by atoms with Gasteiger partial charge in [-0.05, 0) is 17.5 Å². The summed E-state index contributed by atoms with van der Waals surface area (Å²) in [6, 6.07) is 20.9. The second-order valence-corrected chi connectivity index (χ2v) is 6.61. The number of benzene rings is 3. The van der Waals surface area contributed by atoms with Crippen molar-refractivity contribution in [3.05, 3.63) is 60.7 Å². The largest absolute Gasteiger partial charge is 0.234 e. The highest BCUT2D eigenvalue weighted by Crippen LogP contribution is 2.23. The van der Waals surface area contributed by atoms with E-state index in [1.165, 1.54) is 10.8 Å². The third kappa shape index (κ3) is 4.19. The first-order valence-electron chi connectivity index (χ1n) is 7.66. The first-order valence-corrected chi connectivity index (χ1v) is 9.43. The Bertz CT molecular complexity index is 1060. The van der Waals surface area contributed by atoms with Gasteiger partial charge in [-0.3, -0.25) is 0 Å². The Morgan fingerprint density at radius 1 is 0.846 bits per heavy atom. The number of alkyl halides is 1. The van der Waals surface area contributed by atoms with Crippen molar-refractivity contribution in [1.29, 1.82) is 0 Å². The highest BCUT2D eigenvalue weighted by atomic mass is 35.7. The zero-order valence-electron chi connectivity index (χ0n) is 13.5. The minimum absolute atomic E-state index is 0.584. The number of hydrogen-bond donors (Lipinski definition) is 0. The average Bonchev–Trinajstić information content (AvgIpc) is 2.60. The van der Waals surface area contributed by atoms with Crippen molar-refractivity contribution in [2.45, 2.75) is 6.54 Å². The highest BCUT2D eigenvalue weighted by Gasteiger charge is 2.17. The van der Waals surface area contributed by atoms with Gasteiger partial charge in [0.15, 0.2) is 6.54 Å². The van der Waals surface area contributed by atoms with Crippen LogP contribution in [0, 0.1) is 10.2 Å². The van der Waals surface area contributed by atoms with E-state index >= 15 is 0 Å². The molecular formula is C18H14Cl2N2O4. The third-order valence-electron chi connectivity index (χ3n) is 3.88. The van der Waals surface area contributed by atoms with Crippen LogP contribution in [-0.2, 0) is 6.54 Å². The Balaban J connectivity index is 0.000000349. The Kier molecular flexibility index (Phi) is 5.52. The molecule has 0 N–H and O–H groups in total. The molecule has 0 unspecified atom stereocenters. The maximum Gasteiger partial charge on any atom is 0.232 e. The second-order valence-electron chi connectivity index (χ2n) is 5.47. The van der Waals surface area contributed by atoms with Crippen molar-refractivity contribution in [2.24, 2.45) is 0 Å². The normalized spacial score (nSPS) is 11.6. The second kappa shape index (κ2) is 7.67. The maximum absolute atomic E-state index is 8.49. The molecule has 8 heteroatoms. The fourth-order valence-electron chi connectivity index (χ4n) is 2.94. The molecule has 0 amide bonds. The van der Waals surface area contributed by atoms with Gasteiger partial charge in [0.25, 0.3) is 0 Å². The summed E-state index contributed by atoms with van der Waals surface area (Å²) in [6.07, 6.45) is 0. The Labute approximate surface area is 156 Å². The van der Waals surface area contributed by atoms with E-state index in [9.17, 15) is 0 Å². The number of hydrogen-bond acceptors (Lipinski definition) is 5. The van der Waals surface area contributed by atoms with E-state index in [2.05, 4.69) is 53.1 Å². The van der Waals surface area contributed by atoms with Gasteiger partial charge in [-0.25, -0.2) is 23.6 Å². The Morgan fingerprint density at radius 2 is 1.50 bits per heavy atom. The molecule has 134 valence electrons. The zero-order chi connectivity index (χ0) is 18.7. The van der Waals surface area contributed by atoms with E-state index < -0.39 is 10.2 Å². The first-order chi connectivity index (χ1) is 12.4. The molecule has 0 aliphatic rings. The fraction of sp³-hybridized carbons (Fsp3) is 0.111. The van der Waals surface area contributed by atoms with Crippen molar-refractivity contribution >= 4 is 44.4 Å². The molecule has 1 heterocycles. The van der Waals surface area contributed by atoms with Crippen LogP contribution in [0.15, 0.2) is 60.7 Å². The van der Waals surface area contributed by atoms with Gasteiger partial charge in [-0.15, -0.1) is 21.8 Å². The van der Waals surface area contributed by atoms with Gasteiger partial charge < -0.3 is 0 Å². The maximum atomic E-state index is 8.49. The number of nitrogens with zero attached hydrogens (tertiary/aromatic N) is 2. The molecule has 4 rings (SSSR count). The van der Waals surface area contributed by atoms with Crippen molar-refractivity contribution in [3.8, 4) is 0 Å². The summed E-state index contributed by atoms with van der Waals surface area (Å²) in [6.45, 7) is 0.777. The minimum atomic E-state index is -4.94. The molecule has 0 aliphatic carbocycles. The van der Waals surface area contributed by atoms with Crippen LogP contribution in [0.5, 0.6) is 0 Å². The van der Waals surface area contributed by atoms with Crippen molar-refractivity contribution in [3.63, 3.8) is 0 Å². The van der Waals surface area contributed by atoms with Gasteiger partial charge in [0.05, 0.1) is 5.88 Å². The van der Waals surface area contributed by atoms with Crippen LogP contribution in [0.3, 0.4) is 0 Å². The van der Waals surface area contributed by atoms with Gasteiger partial charge in [0, 0.05) is 17.5 Å². The van der Waals surface area contributed by atoms with Crippen molar-refractivity contribution < 1.29 is 33.4 Å². The van der Waals surface area contributed by atoms with Gasteiger partial charge in [0.2, 0.25) is 11.0 Å². The lowest BCUT2D eigenvalue weighted by Gasteiger charge is -2.17. The highest BCUT2D eigenvalue weighted by molar-refractivity contribution is 6.17. The number of aryl methyl sites for hydroxylation is 1. The summed E-state index contributed by atoms with van der Waals surface area (Å²) in [5, 5.41) is 2.40. The molecule has 0 radical (unpaired) electrons. The predicted octanol–water partition coefficient (Wildman–Crippen LogP) is -0.689. The number of aromatic nitrogens is 2. The molecule has 0 saturated carbocycles. The lowest BCUT2D eigenvalue weighted by Crippen LogP contribution is -2.68. The van der Waals surface area contributed by atoms with E-state index in [1.54, 1.807) is 0 Å². The molecule has 6 nitrogen and oxygen atoms in total. The zero-order valence-corrected chi connectivity index (χ0v) is 15.0. The van der Waals surface area contributed by atoms with Crippen LogP contribution >= 0.6 is 11.6 Å². The van der Waals surface area contributed by atoms with E-state index in [4.69, 9.17) is 35.2 Å². The summed E-state index contributed by atoms with van der Waals surface area (Å²) in [4.78, 5) is 4.88. The van der Waals surface area contributed by atoms with E-state index in [1.807, 2.05) is 12.1 Å². The van der Waals surface area contributed by atoms with Gasteiger partial charge in [0.1, 0.15) is 11.0 Å². The van der Waals surface area contributed by atoms with Crippen LogP contribution in [-0.4, -0.2) is 10.9 Å². The van der Waals surface area contributed by atoms with Crippen LogP contribution in [0.4, 0.5) is 0 Å². The van der Waals surface area contributed by atoms with Crippen LogP contribution in [0.25, 0.3) is 32.8 Å². The van der Waals surface area contributed by atoms with Crippen molar-refractivity contribution in [2.75, 3.05) is 5.88 Å². The quantitative estimate of drug-likeness (QED) is 0.194. The molecule has 0 spiro atoms.